The number of hydrogen-bond donors (Lipinski definition) is 2. The number of rotatable bonds is 7. The number of halogens is 1. The van der Waals surface area contributed by atoms with E-state index in [0.29, 0.717) is 11.0 Å². The van der Waals surface area contributed by atoms with Gasteiger partial charge in [0.05, 0.1) is 12.6 Å². The molecule has 1 atom stereocenters. The molecule has 0 aliphatic heterocycles. The zero-order valence-corrected chi connectivity index (χ0v) is 14.9. The zero-order valence-electron chi connectivity index (χ0n) is 14.1. The molecule has 3 N–H and O–H groups in total. The lowest BCUT2D eigenvalue weighted by Gasteiger charge is -2.11. The van der Waals surface area contributed by atoms with Crippen LogP contribution in [0.5, 0.6) is 5.75 Å². The highest BCUT2D eigenvalue weighted by atomic mass is 35.5. The summed E-state index contributed by atoms with van der Waals surface area (Å²) in [6.45, 7) is 4.87. The number of guanidine groups is 1. The third-order valence-electron chi connectivity index (χ3n) is 3.58. The van der Waals surface area contributed by atoms with Gasteiger partial charge in [0.25, 0.3) is 0 Å². The maximum atomic E-state index is 5.99. The first-order valence-electron chi connectivity index (χ1n) is 8.17. The number of nitrogens with one attached hydrogen (secondary N) is 1. The van der Waals surface area contributed by atoms with Crippen LogP contribution in [0.15, 0.2) is 53.5 Å². The van der Waals surface area contributed by atoms with E-state index in [0.717, 1.165) is 36.4 Å². The molecule has 0 heterocycles. The first-order valence-corrected chi connectivity index (χ1v) is 8.55. The number of nitrogens with zero attached hydrogens (tertiary/aromatic N) is 1. The Kier molecular flexibility index (Phi) is 6.94. The monoisotopic (exact) mass is 345 g/mol. The molecule has 0 saturated heterocycles. The maximum Gasteiger partial charge on any atom is 0.193 e. The summed E-state index contributed by atoms with van der Waals surface area (Å²) in [6, 6.07) is 15.3. The largest absolute Gasteiger partial charge is 0.494 e. The molecular formula is C19H24ClN3O. The molecule has 0 fully saturated rings. The molecule has 0 bridgehead atoms. The molecule has 1 unspecified atom stereocenters. The fourth-order valence-electron chi connectivity index (χ4n) is 2.17. The molecule has 0 spiro atoms. The molecule has 5 heteroatoms. The van der Waals surface area contributed by atoms with Crippen molar-refractivity contribution in [2.45, 2.75) is 32.7 Å². The van der Waals surface area contributed by atoms with Crippen LogP contribution < -0.4 is 15.8 Å². The summed E-state index contributed by atoms with van der Waals surface area (Å²) in [7, 11) is 0. The fourth-order valence-corrected chi connectivity index (χ4v) is 2.30. The van der Waals surface area contributed by atoms with Crippen molar-refractivity contribution in [3.8, 4) is 5.75 Å². The quantitative estimate of drug-likeness (QED) is 0.421. The number of benzene rings is 2. The van der Waals surface area contributed by atoms with Gasteiger partial charge in [0.2, 0.25) is 0 Å². The fraction of sp³-hybridized carbons (Fsp3) is 0.316. The smallest absolute Gasteiger partial charge is 0.193 e. The molecule has 4 nitrogen and oxygen atoms in total. The molecule has 24 heavy (non-hydrogen) atoms. The predicted molar refractivity (Wildman–Crippen MR) is 102 cm³/mol. The molecule has 128 valence electrons. The van der Waals surface area contributed by atoms with Gasteiger partial charge in [0.1, 0.15) is 5.75 Å². The van der Waals surface area contributed by atoms with Gasteiger partial charge in [-0.1, -0.05) is 37.1 Å². The summed E-state index contributed by atoms with van der Waals surface area (Å²) in [4.78, 5) is 4.46. The van der Waals surface area contributed by atoms with Crippen LogP contribution in [0.1, 0.15) is 38.3 Å². The van der Waals surface area contributed by atoms with Crippen molar-refractivity contribution < 1.29 is 4.74 Å². The van der Waals surface area contributed by atoms with Gasteiger partial charge >= 0.3 is 0 Å². The number of anilines is 1. The van der Waals surface area contributed by atoms with Crippen molar-refractivity contribution in [1.29, 1.82) is 0 Å². The highest BCUT2D eigenvalue weighted by Gasteiger charge is 2.05. The van der Waals surface area contributed by atoms with Gasteiger partial charge in [-0.2, -0.15) is 0 Å². The Morgan fingerprint density at radius 2 is 1.83 bits per heavy atom. The van der Waals surface area contributed by atoms with E-state index in [2.05, 4.69) is 17.2 Å². The summed E-state index contributed by atoms with van der Waals surface area (Å²) in [5.41, 5.74) is 7.93. The predicted octanol–water partition coefficient (Wildman–Crippen LogP) is 5.01. The highest BCUT2D eigenvalue weighted by molar-refractivity contribution is 6.30. The maximum absolute atomic E-state index is 5.99. The average Bonchev–Trinajstić information content (AvgIpc) is 2.57. The second-order valence-corrected chi connectivity index (χ2v) is 6.03. The Morgan fingerprint density at radius 1 is 1.17 bits per heavy atom. The van der Waals surface area contributed by atoms with E-state index in [9.17, 15) is 0 Å². The van der Waals surface area contributed by atoms with Crippen LogP contribution in [0.3, 0.4) is 0 Å². The van der Waals surface area contributed by atoms with E-state index in [4.69, 9.17) is 22.1 Å². The minimum absolute atomic E-state index is 0.0496. The molecule has 0 amide bonds. The standard InChI is InChI=1S/C19H24ClN3O/c1-3-4-13-24-18-11-9-17(10-12-18)23-19(21)22-14(2)15-5-7-16(20)8-6-15/h5-12,14H,3-4,13H2,1-2H3,(H3,21,22,23). The van der Waals surface area contributed by atoms with Crippen LogP contribution in [-0.2, 0) is 0 Å². The first kappa shape index (κ1) is 18.1. The van der Waals surface area contributed by atoms with Crippen LogP contribution in [0.2, 0.25) is 5.02 Å². The zero-order chi connectivity index (χ0) is 17.4. The number of unbranched alkanes of at least 4 members (excludes halogenated alkanes) is 1. The van der Waals surface area contributed by atoms with E-state index < -0.39 is 0 Å². The molecule has 2 aromatic carbocycles. The van der Waals surface area contributed by atoms with E-state index in [1.165, 1.54) is 0 Å². The molecule has 0 aromatic heterocycles. The normalized spacial score (nSPS) is 12.7. The van der Waals surface area contributed by atoms with Gasteiger partial charge in [-0.3, -0.25) is 0 Å². The van der Waals surface area contributed by atoms with E-state index in [-0.39, 0.29) is 6.04 Å². The van der Waals surface area contributed by atoms with Crippen LogP contribution in [0.4, 0.5) is 5.69 Å². The molecule has 0 aliphatic rings. The van der Waals surface area contributed by atoms with Gasteiger partial charge in [0, 0.05) is 10.7 Å². The van der Waals surface area contributed by atoms with Crippen molar-refractivity contribution in [3.05, 3.63) is 59.1 Å². The number of hydrogen-bond acceptors (Lipinski definition) is 2. The first-order chi connectivity index (χ1) is 11.6. The summed E-state index contributed by atoms with van der Waals surface area (Å²) in [5.74, 6) is 1.23. The van der Waals surface area contributed by atoms with E-state index in [1.54, 1.807) is 0 Å². The molecule has 0 radical (unpaired) electrons. The summed E-state index contributed by atoms with van der Waals surface area (Å²) < 4.78 is 5.64. The van der Waals surface area contributed by atoms with Gasteiger partial charge < -0.3 is 15.8 Å². The Hall–Kier alpha value is -2.20. The SMILES string of the molecule is CCCCOc1ccc(NC(N)=NC(C)c2ccc(Cl)cc2)cc1. The second-order valence-electron chi connectivity index (χ2n) is 5.59. The van der Waals surface area contributed by atoms with Gasteiger partial charge in [-0.15, -0.1) is 0 Å². The van der Waals surface area contributed by atoms with Gasteiger partial charge in [-0.25, -0.2) is 4.99 Å². The Balaban J connectivity index is 1.93. The Labute approximate surface area is 148 Å². The highest BCUT2D eigenvalue weighted by Crippen LogP contribution is 2.20. The second kappa shape index (κ2) is 9.18. The van der Waals surface area contributed by atoms with Crippen LogP contribution in [-0.4, -0.2) is 12.6 Å². The lowest BCUT2D eigenvalue weighted by atomic mass is 10.1. The lowest BCUT2D eigenvalue weighted by Crippen LogP contribution is -2.23. The van der Waals surface area contributed by atoms with Crippen LogP contribution in [0.25, 0.3) is 0 Å². The minimum Gasteiger partial charge on any atom is -0.494 e. The minimum atomic E-state index is -0.0496. The van der Waals surface area contributed by atoms with E-state index >= 15 is 0 Å². The molecular weight excluding hydrogens is 322 g/mol. The lowest BCUT2D eigenvalue weighted by molar-refractivity contribution is 0.309. The molecule has 2 aromatic rings. The number of aliphatic imine (C=N–C) groups is 1. The van der Waals surface area contributed by atoms with Crippen molar-refractivity contribution in [2.75, 3.05) is 11.9 Å². The summed E-state index contributed by atoms with van der Waals surface area (Å²) >= 11 is 5.90. The Bertz CT molecular complexity index is 653. The summed E-state index contributed by atoms with van der Waals surface area (Å²) in [5, 5.41) is 3.80. The average molecular weight is 346 g/mol. The van der Waals surface area contributed by atoms with Crippen LogP contribution >= 0.6 is 11.6 Å². The van der Waals surface area contributed by atoms with Crippen molar-refractivity contribution in [3.63, 3.8) is 0 Å². The Morgan fingerprint density at radius 3 is 2.46 bits per heavy atom. The van der Waals surface area contributed by atoms with Crippen molar-refractivity contribution >= 4 is 23.2 Å². The van der Waals surface area contributed by atoms with Crippen molar-refractivity contribution in [1.82, 2.24) is 0 Å². The van der Waals surface area contributed by atoms with Crippen LogP contribution in [0, 0.1) is 0 Å². The third kappa shape index (κ3) is 5.78. The number of nitrogens with two attached hydrogens (primary N) is 1. The molecule has 0 aliphatic carbocycles. The van der Waals surface area contributed by atoms with Gasteiger partial charge in [0.15, 0.2) is 5.96 Å². The third-order valence-corrected chi connectivity index (χ3v) is 3.83. The molecule has 2 rings (SSSR count). The van der Waals surface area contributed by atoms with Crippen molar-refractivity contribution in [2.24, 2.45) is 10.7 Å². The van der Waals surface area contributed by atoms with Gasteiger partial charge in [-0.05, 0) is 55.3 Å². The topological polar surface area (TPSA) is 59.6 Å². The molecule has 0 saturated carbocycles. The van der Waals surface area contributed by atoms with E-state index in [1.807, 2.05) is 55.5 Å². The summed E-state index contributed by atoms with van der Waals surface area (Å²) in [6.07, 6.45) is 2.18. The number of ether oxygens (including phenoxy) is 1.